The third-order valence-electron chi connectivity index (χ3n) is 7.90. The van der Waals surface area contributed by atoms with Crippen LogP contribution in [0.1, 0.15) is 65.5 Å². The van der Waals surface area contributed by atoms with Gasteiger partial charge in [-0.3, -0.25) is 29.2 Å². The van der Waals surface area contributed by atoms with Crippen LogP contribution in [0, 0.1) is 17.8 Å². The van der Waals surface area contributed by atoms with Crippen LogP contribution in [0.15, 0.2) is 60.7 Å². The summed E-state index contributed by atoms with van der Waals surface area (Å²) in [6.45, 7) is 11.4. The molecule has 0 spiro atoms. The van der Waals surface area contributed by atoms with Gasteiger partial charge in [0.15, 0.2) is 0 Å². The smallest absolute Gasteiger partial charge is 0.265 e. The first-order valence-corrected chi connectivity index (χ1v) is 16.7. The van der Waals surface area contributed by atoms with Gasteiger partial charge in [0.25, 0.3) is 5.91 Å². The number of likely N-dealkylation sites (N-methyl/N-ethyl adjacent to an activating group) is 1. The fraction of sp³-hybridized carbons (Fsp3) is 0.528. The average molecular weight is 667 g/mol. The molecule has 0 saturated heterocycles. The summed E-state index contributed by atoms with van der Waals surface area (Å²) in [5, 5.41) is 23.5. The van der Waals surface area contributed by atoms with Gasteiger partial charge in [0, 0.05) is 12.8 Å². The largest absolute Gasteiger partial charge is 0.343 e. The molecule has 0 radical (unpaired) electrons. The Morgan fingerprint density at radius 2 is 0.938 bits per heavy atom. The Hall–Kier alpha value is -4.29. The lowest BCUT2D eigenvalue weighted by molar-refractivity contribution is -0.137. The molecular weight excluding hydrogens is 612 g/mol. The van der Waals surface area contributed by atoms with Gasteiger partial charge in [-0.15, -0.1) is 0 Å². The van der Waals surface area contributed by atoms with E-state index in [1.54, 1.807) is 12.5 Å². The molecule has 2 aromatic rings. The lowest BCUT2D eigenvalue weighted by Gasteiger charge is -2.28. The number of hydrogen-bond acceptors (Lipinski definition) is 7. The predicted octanol–water partition coefficient (Wildman–Crippen LogP) is 2.25. The van der Waals surface area contributed by atoms with Crippen molar-refractivity contribution in [3.63, 3.8) is 0 Å². The molecule has 5 amide bonds. The highest BCUT2D eigenvalue weighted by Crippen LogP contribution is 2.12. The third kappa shape index (κ3) is 13.4. The SMILES string of the molecule is CN[C@@H](CC(C)C)C(=O)N[C@H](C(=O)N[C@@H](Cc1ccccc1)C(=O)N[C@@H](Cc1ccccc1)C(=O)N[C@@H](CC(C)C)C(=O)NO)C(C)C. The first-order valence-electron chi connectivity index (χ1n) is 16.7. The Balaban J connectivity index is 2.39. The zero-order chi connectivity index (χ0) is 35.8. The van der Waals surface area contributed by atoms with Crippen molar-refractivity contribution in [3.8, 4) is 0 Å². The standard InChI is InChI=1S/C36H54N6O6/c1-22(2)18-27(37-7)32(43)41-31(24(5)6)36(47)40-30(21-26-16-12-9-13-17-26)34(45)39-29(20-25-14-10-8-11-15-25)33(44)38-28(19-23(3)4)35(46)42-48/h8-17,22-24,27-31,37,48H,18-21H2,1-7H3,(H,38,44)(H,39,45)(H,40,47)(H,41,43)(H,42,46)/t27-,28-,29-,30-,31-/m0/s1. The van der Waals surface area contributed by atoms with Gasteiger partial charge < -0.3 is 26.6 Å². The van der Waals surface area contributed by atoms with Crippen LogP contribution in [0.5, 0.6) is 0 Å². The normalized spacial score (nSPS) is 14.4. The minimum Gasteiger partial charge on any atom is -0.343 e. The monoisotopic (exact) mass is 666 g/mol. The molecule has 0 heterocycles. The Morgan fingerprint density at radius 1 is 0.542 bits per heavy atom. The van der Waals surface area contributed by atoms with Crippen LogP contribution in [0.2, 0.25) is 0 Å². The van der Waals surface area contributed by atoms with E-state index in [9.17, 15) is 29.2 Å². The van der Waals surface area contributed by atoms with Crippen molar-refractivity contribution in [1.29, 1.82) is 0 Å². The van der Waals surface area contributed by atoms with Gasteiger partial charge in [0.2, 0.25) is 23.6 Å². The first-order chi connectivity index (χ1) is 22.7. The van der Waals surface area contributed by atoms with E-state index in [-0.39, 0.29) is 42.9 Å². The molecule has 0 aliphatic heterocycles. The Kier molecular flexibility index (Phi) is 16.8. The molecule has 2 aromatic carbocycles. The van der Waals surface area contributed by atoms with Gasteiger partial charge >= 0.3 is 0 Å². The third-order valence-corrected chi connectivity index (χ3v) is 7.90. The number of hydrogen-bond donors (Lipinski definition) is 7. The van der Waals surface area contributed by atoms with Gasteiger partial charge in [0.05, 0.1) is 6.04 Å². The van der Waals surface area contributed by atoms with E-state index in [0.717, 1.165) is 11.1 Å². The van der Waals surface area contributed by atoms with E-state index in [4.69, 9.17) is 0 Å². The lowest BCUT2D eigenvalue weighted by atomic mass is 9.98. The van der Waals surface area contributed by atoms with E-state index >= 15 is 0 Å². The molecule has 12 heteroatoms. The summed E-state index contributed by atoms with van der Waals surface area (Å²) >= 11 is 0. The molecular formula is C36H54N6O6. The molecule has 264 valence electrons. The number of nitrogens with one attached hydrogen (secondary N) is 6. The molecule has 48 heavy (non-hydrogen) atoms. The minimum atomic E-state index is -1.12. The number of amides is 5. The van der Waals surface area contributed by atoms with E-state index in [2.05, 4.69) is 26.6 Å². The van der Waals surface area contributed by atoms with Crippen LogP contribution < -0.4 is 32.1 Å². The molecule has 2 rings (SSSR count). The number of benzene rings is 2. The van der Waals surface area contributed by atoms with E-state index in [1.807, 2.05) is 102 Å². The minimum absolute atomic E-state index is 0.0170. The van der Waals surface area contributed by atoms with Gasteiger partial charge in [0.1, 0.15) is 24.2 Å². The predicted molar refractivity (Wildman–Crippen MR) is 185 cm³/mol. The van der Waals surface area contributed by atoms with Gasteiger partial charge in [-0.2, -0.15) is 0 Å². The molecule has 12 nitrogen and oxygen atoms in total. The van der Waals surface area contributed by atoms with Crippen molar-refractivity contribution in [2.75, 3.05) is 7.05 Å². The van der Waals surface area contributed by atoms with Crippen molar-refractivity contribution in [2.24, 2.45) is 17.8 Å². The number of rotatable bonds is 19. The molecule has 0 fully saturated rings. The van der Waals surface area contributed by atoms with Crippen molar-refractivity contribution in [2.45, 2.75) is 97.4 Å². The second-order valence-electron chi connectivity index (χ2n) is 13.4. The summed E-state index contributed by atoms with van der Waals surface area (Å²) in [5.74, 6) is -2.88. The summed E-state index contributed by atoms with van der Waals surface area (Å²) in [7, 11) is 1.70. The van der Waals surface area contributed by atoms with Crippen LogP contribution in [0.25, 0.3) is 0 Å². The molecule has 0 aliphatic carbocycles. The first kappa shape index (κ1) is 39.9. The second kappa shape index (κ2) is 20.2. The highest BCUT2D eigenvalue weighted by Gasteiger charge is 2.33. The van der Waals surface area contributed by atoms with Crippen LogP contribution >= 0.6 is 0 Å². The number of carbonyl (C=O) groups excluding carboxylic acids is 5. The Bertz CT molecular complexity index is 1320. The highest BCUT2D eigenvalue weighted by molar-refractivity contribution is 5.96. The Morgan fingerprint density at radius 3 is 1.33 bits per heavy atom. The quantitative estimate of drug-likeness (QED) is 0.0888. The van der Waals surface area contributed by atoms with Crippen molar-refractivity contribution >= 4 is 29.5 Å². The molecule has 0 aromatic heterocycles. The average Bonchev–Trinajstić information content (AvgIpc) is 3.04. The number of carbonyl (C=O) groups is 5. The van der Waals surface area contributed by atoms with Crippen LogP contribution in [-0.4, -0.2) is 72.0 Å². The van der Waals surface area contributed by atoms with Crippen molar-refractivity contribution in [1.82, 2.24) is 32.1 Å². The Labute approximate surface area is 284 Å². The zero-order valence-electron chi connectivity index (χ0n) is 29.2. The van der Waals surface area contributed by atoms with E-state index < -0.39 is 53.8 Å². The zero-order valence-corrected chi connectivity index (χ0v) is 29.2. The van der Waals surface area contributed by atoms with Crippen LogP contribution in [0.4, 0.5) is 0 Å². The molecule has 5 atom stereocenters. The lowest BCUT2D eigenvalue weighted by Crippen LogP contribution is -2.60. The van der Waals surface area contributed by atoms with Crippen LogP contribution in [-0.2, 0) is 36.8 Å². The maximum atomic E-state index is 14.0. The molecule has 0 saturated carbocycles. The molecule has 7 N–H and O–H groups in total. The van der Waals surface area contributed by atoms with Crippen LogP contribution in [0.3, 0.4) is 0 Å². The molecule has 0 aliphatic rings. The summed E-state index contributed by atoms with van der Waals surface area (Å²) < 4.78 is 0. The maximum Gasteiger partial charge on any atom is 0.265 e. The van der Waals surface area contributed by atoms with E-state index in [0.29, 0.717) is 6.42 Å². The number of hydroxylamine groups is 1. The summed E-state index contributed by atoms with van der Waals surface area (Å²) in [4.78, 5) is 66.9. The second-order valence-corrected chi connectivity index (χ2v) is 13.4. The fourth-order valence-corrected chi connectivity index (χ4v) is 5.32. The highest BCUT2D eigenvalue weighted by atomic mass is 16.5. The van der Waals surface area contributed by atoms with Crippen molar-refractivity contribution in [3.05, 3.63) is 71.8 Å². The van der Waals surface area contributed by atoms with Gasteiger partial charge in [-0.05, 0) is 48.8 Å². The van der Waals surface area contributed by atoms with E-state index in [1.165, 1.54) is 0 Å². The molecule has 0 unspecified atom stereocenters. The summed E-state index contributed by atoms with van der Waals surface area (Å²) in [5.41, 5.74) is 3.14. The summed E-state index contributed by atoms with van der Waals surface area (Å²) in [6.07, 6.45) is 1.05. The molecule has 0 bridgehead atoms. The fourth-order valence-electron chi connectivity index (χ4n) is 5.32. The summed E-state index contributed by atoms with van der Waals surface area (Å²) in [6, 6.07) is 13.5. The van der Waals surface area contributed by atoms with Crippen molar-refractivity contribution < 1.29 is 29.2 Å². The van der Waals surface area contributed by atoms with Gasteiger partial charge in [-0.25, -0.2) is 5.48 Å². The topological polar surface area (TPSA) is 178 Å². The maximum absolute atomic E-state index is 14.0. The van der Waals surface area contributed by atoms with Gasteiger partial charge in [-0.1, -0.05) is 102 Å².